The first-order valence-corrected chi connectivity index (χ1v) is 3.58. The molecule has 0 bridgehead atoms. The molecule has 2 nitrogen and oxygen atoms in total. The van der Waals surface area contributed by atoms with Gasteiger partial charge in [-0.3, -0.25) is 0 Å². The lowest BCUT2D eigenvalue weighted by Crippen LogP contribution is -2.00. The van der Waals surface area contributed by atoms with Crippen molar-refractivity contribution in [3.8, 4) is 0 Å². The molecule has 7 heavy (non-hydrogen) atoms. The molecule has 44 valence electrons. The maximum Gasteiger partial charge on any atom is 0.0477 e. The quantitative estimate of drug-likeness (QED) is 0.436. The Morgan fingerprint density at radius 3 is 2.86 bits per heavy atom. The molecule has 0 fully saturated rings. The van der Waals surface area contributed by atoms with Crippen molar-refractivity contribution in [2.75, 3.05) is 19.3 Å². The molecule has 0 rings (SSSR count). The highest BCUT2D eigenvalue weighted by Crippen LogP contribution is 2.07. The topological polar surface area (TPSA) is 35.2 Å². The zero-order valence-corrected chi connectivity index (χ0v) is 5.61. The fourth-order valence-corrected chi connectivity index (χ4v) is 0.699. The van der Waals surface area contributed by atoms with E-state index in [1.807, 2.05) is 6.92 Å². The lowest BCUT2D eigenvalue weighted by atomic mass is 10.8. The smallest absolute Gasteiger partial charge is 0.0477 e. The van der Waals surface area contributed by atoms with Crippen LogP contribution in [0.25, 0.3) is 0 Å². The molecule has 0 radical (unpaired) electrons. The van der Waals surface area contributed by atoms with E-state index in [-0.39, 0.29) is 0 Å². The SMILES string of the molecule is CCOPCCN. The number of hydrogen-bond donors (Lipinski definition) is 1. The van der Waals surface area contributed by atoms with Crippen LogP contribution in [0.3, 0.4) is 0 Å². The molecule has 1 unspecified atom stereocenters. The van der Waals surface area contributed by atoms with Gasteiger partial charge in [-0.05, 0) is 13.5 Å². The second-order valence-electron chi connectivity index (χ2n) is 1.12. The van der Waals surface area contributed by atoms with Crippen molar-refractivity contribution in [3.05, 3.63) is 0 Å². The van der Waals surface area contributed by atoms with E-state index >= 15 is 0 Å². The highest BCUT2D eigenvalue weighted by Gasteiger charge is 1.78. The summed E-state index contributed by atoms with van der Waals surface area (Å²) < 4.78 is 5.02. The molecule has 0 aromatic heterocycles. The molecule has 0 saturated carbocycles. The summed E-state index contributed by atoms with van der Waals surface area (Å²) in [4.78, 5) is 0. The van der Waals surface area contributed by atoms with Crippen molar-refractivity contribution in [2.24, 2.45) is 5.73 Å². The molecule has 0 aromatic rings. The van der Waals surface area contributed by atoms with Gasteiger partial charge >= 0.3 is 0 Å². The summed E-state index contributed by atoms with van der Waals surface area (Å²) in [7, 11) is 0.607. The summed E-state index contributed by atoms with van der Waals surface area (Å²) in [6, 6.07) is 0. The van der Waals surface area contributed by atoms with Crippen LogP contribution in [0.4, 0.5) is 0 Å². The zero-order valence-electron chi connectivity index (χ0n) is 4.61. The lowest BCUT2D eigenvalue weighted by molar-refractivity contribution is 0.389. The van der Waals surface area contributed by atoms with Crippen LogP contribution >= 0.6 is 8.81 Å². The summed E-state index contributed by atoms with van der Waals surface area (Å²) in [6.07, 6.45) is 1.01. The molecule has 0 amide bonds. The van der Waals surface area contributed by atoms with Crippen LogP contribution in [0.2, 0.25) is 0 Å². The van der Waals surface area contributed by atoms with Crippen LogP contribution in [0.1, 0.15) is 6.92 Å². The number of rotatable bonds is 4. The Balaban J connectivity index is 2.45. The molecule has 2 N–H and O–H groups in total. The van der Waals surface area contributed by atoms with Gasteiger partial charge < -0.3 is 10.3 Å². The van der Waals surface area contributed by atoms with Gasteiger partial charge in [-0.15, -0.1) is 0 Å². The maximum absolute atomic E-state index is 5.20. The second kappa shape index (κ2) is 6.35. The van der Waals surface area contributed by atoms with E-state index in [9.17, 15) is 0 Å². The molecule has 0 spiro atoms. The average Bonchev–Trinajstić information content (AvgIpc) is 1.69. The maximum atomic E-state index is 5.20. The van der Waals surface area contributed by atoms with Crippen molar-refractivity contribution in [3.63, 3.8) is 0 Å². The molecule has 0 aliphatic carbocycles. The van der Waals surface area contributed by atoms with Gasteiger partial charge in [0, 0.05) is 21.6 Å². The van der Waals surface area contributed by atoms with E-state index in [0.29, 0.717) is 8.81 Å². The van der Waals surface area contributed by atoms with Crippen molar-refractivity contribution >= 4 is 8.81 Å². The molecule has 1 atom stereocenters. The highest BCUT2D eigenvalue weighted by atomic mass is 31.1. The van der Waals surface area contributed by atoms with Gasteiger partial charge in [0.1, 0.15) is 0 Å². The van der Waals surface area contributed by atoms with Gasteiger partial charge in [0.2, 0.25) is 0 Å². The molecular formula is C4H12NOP. The standard InChI is InChI=1S/C4H12NOP/c1-2-6-7-4-3-5/h7H,2-5H2,1H3. The summed E-state index contributed by atoms with van der Waals surface area (Å²) in [5.41, 5.74) is 5.20. The van der Waals surface area contributed by atoms with Crippen molar-refractivity contribution in [2.45, 2.75) is 6.92 Å². The van der Waals surface area contributed by atoms with E-state index in [0.717, 1.165) is 19.3 Å². The van der Waals surface area contributed by atoms with Crippen LogP contribution in [0, 0.1) is 0 Å². The Morgan fingerprint density at radius 1 is 1.71 bits per heavy atom. The van der Waals surface area contributed by atoms with Gasteiger partial charge in [-0.1, -0.05) is 0 Å². The summed E-state index contributed by atoms with van der Waals surface area (Å²) in [5.74, 6) is 0. The number of nitrogens with two attached hydrogens (primary N) is 1. The van der Waals surface area contributed by atoms with Crippen LogP contribution in [-0.4, -0.2) is 19.3 Å². The third-order valence-electron chi connectivity index (χ3n) is 0.493. The third-order valence-corrected chi connectivity index (χ3v) is 1.48. The summed E-state index contributed by atoms with van der Waals surface area (Å²) in [6.45, 7) is 3.56. The average molecular weight is 121 g/mol. The van der Waals surface area contributed by atoms with Crippen molar-refractivity contribution < 1.29 is 4.52 Å². The van der Waals surface area contributed by atoms with E-state index in [1.165, 1.54) is 0 Å². The van der Waals surface area contributed by atoms with E-state index in [4.69, 9.17) is 10.3 Å². The summed E-state index contributed by atoms with van der Waals surface area (Å²) >= 11 is 0. The molecule has 0 saturated heterocycles. The van der Waals surface area contributed by atoms with Gasteiger partial charge in [0.05, 0.1) is 0 Å². The predicted octanol–water partition coefficient (Wildman–Crippen LogP) is 0.575. The first-order chi connectivity index (χ1) is 3.41. The fraction of sp³-hybridized carbons (Fsp3) is 1.00. The first-order valence-electron chi connectivity index (χ1n) is 2.46. The van der Waals surface area contributed by atoms with Gasteiger partial charge in [-0.2, -0.15) is 0 Å². The van der Waals surface area contributed by atoms with Crippen LogP contribution < -0.4 is 5.73 Å². The molecule has 3 heteroatoms. The Bertz CT molecular complexity index is 30.9. The molecular weight excluding hydrogens is 109 g/mol. The lowest BCUT2D eigenvalue weighted by Gasteiger charge is -1.94. The van der Waals surface area contributed by atoms with Crippen LogP contribution in [-0.2, 0) is 4.52 Å². The van der Waals surface area contributed by atoms with Crippen molar-refractivity contribution in [1.82, 2.24) is 0 Å². The highest BCUT2D eigenvalue weighted by molar-refractivity contribution is 7.32. The number of hydrogen-bond acceptors (Lipinski definition) is 2. The molecule has 0 aliphatic heterocycles. The van der Waals surface area contributed by atoms with E-state index in [1.54, 1.807) is 0 Å². The Hall–Kier alpha value is 0.350. The van der Waals surface area contributed by atoms with Crippen LogP contribution in [0.5, 0.6) is 0 Å². The second-order valence-corrected chi connectivity index (χ2v) is 2.19. The summed E-state index contributed by atoms with van der Waals surface area (Å²) in [5, 5.41) is 0. The first kappa shape index (κ1) is 7.35. The van der Waals surface area contributed by atoms with Gasteiger partial charge in [0.15, 0.2) is 0 Å². The van der Waals surface area contributed by atoms with Gasteiger partial charge in [-0.25, -0.2) is 0 Å². The minimum Gasteiger partial charge on any atom is -0.363 e. The monoisotopic (exact) mass is 121 g/mol. The predicted molar refractivity (Wildman–Crippen MR) is 33.9 cm³/mol. The van der Waals surface area contributed by atoms with Crippen LogP contribution in [0.15, 0.2) is 0 Å². The van der Waals surface area contributed by atoms with Gasteiger partial charge in [0.25, 0.3) is 0 Å². The van der Waals surface area contributed by atoms with E-state index < -0.39 is 0 Å². The molecule has 0 aromatic carbocycles. The normalized spacial score (nSPS) is 11.1. The minimum atomic E-state index is 0.607. The fourth-order valence-electron chi connectivity index (χ4n) is 0.233. The Kier molecular flexibility index (Phi) is 6.67. The molecule has 0 heterocycles. The Morgan fingerprint density at radius 2 is 2.43 bits per heavy atom. The minimum absolute atomic E-state index is 0.607. The zero-order chi connectivity index (χ0) is 5.54. The Labute approximate surface area is 46.3 Å². The third kappa shape index (κ3) is 6.35. The largest absolute Gasteiger partial charge is 0.363 e. The van der Waals surface area contributed by atoms with E-state index in [2.05, 4.69) is 0 Å². The molecule has 0 aliphatic rings. The van der Waals surface area contributed by atoms with Crippen molar-refractivity contribution in [1.29, 1.82) is 0 Å².